The third kappa shape index (κ3) is 1.79. The smallest absolute Gasteiger partial charge is 0.334 e. The molecule has 4 heteroatoms. The molecular weight excluding hydrogens is 192 g/mol. The van der Waals surface area contributed by atoms with Crippen molar-refractivity contribution in [3.63, 3.8) is 0 Å². The van der Waals surface area contributed by atoms with E-state index in [-0.39, 0.29) is 11.9 Å². The standard InChI is InChI=1S/C11H14N2O2/c1-3-10-8(6-15-11(10)14)4-9-5-12-7-13(9)2/h3,5,7-8H,4,6H2,1-2H3/b10-3+. The molecule has 1 saturated heterocycles. The second-order valence-corrected chi connectivity index (χ2v) is 3.74. The fourth-order valence-electron chi connectivity index (χ4n) is 1.87. The number of aryl methyl sites for hydroxylation is 1. The summed E-state index contributed by atoms with van der Waals surface area (Å²) in [5.41, 5.74) is 1.91. The maximum atomic E-state index is 11.3. The quantitative estimate of drug-likeness (QED) is 0.537. The van der Waals surface area contributed by atoms with Crippen LogP contribution in [-0.4, -0.2) is 22.1 Å². The third-order valence-electron chi connectivity index (χ3n) is 2.77. The highest BCUT2D eigenvalue weighted by Crippen LogP contribution is 2.24. The molecule has 80 valence electrons. The Morgan fingerprint density at radius 2 is 2.53 bits per heavy atom. The molecule has 1 unspecified atom stereocenters. The zero-order valence-corrected chi connectivity index (χ0v) is 8.93. The molecule has 1 aromatic heterocycles. The van der Waals surface area contributed by atoms with E-state index in [0.29, 0.717) is 6.61 Å². The van der Waals surface area contributed by atoms with Gasteiger partial charge >= 0.3 is 5.97 Å². The molecule has 0 radical (unpaired) electrons. The zero-order valence-electron chi connectivity index (χ0n) is 8.93. The van der Waals surface area contributed by atoms with Gasteiger partial charge in [-0.1, -0.05) is 6.08 Å². The van der Waals surface area contributed by atoms with E-state index in [4.69, 9.17) is 4.74 Å². The lowest BCUT2D eigenvalue weighted by molar-refractivity contribution is -0.135. The lowest BCUT2D eigenvalue weighted by Gasteiger charge is -2.07. The Kier molecular flexibility index (Phi) is 2.58. The first-order chi connectivity index (χ1) is 7.22. The molecule has 1 atom stereocenters. The molecule has 0 bridgehead atoms. The summed E-state index contributed by atoms with van der Waals surface area (Å²) in [6.07, 6.45) is 6.25. The molecule has 0 spiro atoms. The van der Waals surface area contributed by atoms with Gasteiger partial charge in [-0.25, -0.2) is 9.78 Å². The second-order valence-electron chi connectivity index (χ2n) is 3.74. The van der Waals surface area contributed by atoms with Crippen molar-refractivity contribution in [2.75, 3.05) is 6.61 Å². The SMILES string of the molecule is C/C=C1/C(=O)OCC1Cc1cncn1C. The molecular formula is C11H14N2O2. The van der Waals surface area contributed by atoms with Gasteiger partial charge in [0.1, 0.15) is 0 Å². The van der Waals surface area contributed by atoms with Gasteiger partial charge in [0, 0.05) is 30.4 Å². The molecule has 0 saturated carbocycles. The Labute approximate surface area is 88.6 Å². The lowest BCUT2D eigenvalue weighted by atomic mass is 9.97. The number of hydrogen-bond donors (Lipinski definition) is 0. The van der Waals surface area contributed by atoms with Crippen LogP contribution in [0.15, 0.2) is 24.2 Å². The highest BCUT2D eigenvalue weighted by Gasteiger charge is 2.30. The first-order valence-corrected chi connectivity index (χ1v) is 5.01. The summed E-state index contributed by atoms with van der Waals surface area (Å²) in [4.78, 5) is 15.4. The minimum absolute atomic E-state index is 0.176. The van der Waals surface area contributed by atoms with E-state index in [0.717, 1.165) is 17.7 Å². The Balaban J connectivity index is 2.14. The maximum absolute atomic E-state index is 11.3. The first-order valence-electron chi connectivity index (χ1n) is 5.01. The topological polar surface area (TPSA) is 44.1 Å². The van der Waals surface area contributed by atoms with Crippen molar-refractivity contribution < 1.29 is 9.53 Å². The first kappa shape index (κ1) is 9.96. The molecule has 1 fully saturated rings. The summed E-state index contributed by atoms with van der Waals surface area (Å²) in [6.45, 7) is 2.36. The van der Waals surface area contributed by atoms with Crippen molar-refractivity contribution in [2.45, 2.75) is 13.3 Å². The van der Waals surface area contributed by atoms with Gasteiger partial charge in [-0.15, -0.1) is 0 Å². The monoisotopic (exact) mass is 206 g/mol. The number of cyclic esters (lactones) is 1. The number of allylic oxidation sites excluding steroid dienone is 1. The molecule has 0 amide bonds. The van der Waals surface area contributed by atoms with Crippen molar-refractivity contribution in [3.05, 3.63) is 29.9 Å². The van der Waals surface area contributed by atoms with E-state index in [9.17, 15) is 4.79 Å². The van der Waals surface area contributed by atoms with Crippen molar-refractivity contribution in [2.24, 2.45) is 13.0 Å². The number of imidazole rings is 1. The number of esters is 1. The fourth-order valence-corrected chi connectivity index (χ4v) is 1.87. The molecule has 2 rings (SSSR count). The molecule has 0 aliphatic carbocycles. The Bertz CT molecular complexity index is 406. The number of rotatable bonds is 2. The summed E-state index contributed by atoms with van der Waals surface area (Å²) in [5.74, 6) is 0.00238. The summed E-state index contributed by atoms with van der Waals surface area (Å²) < 4.78 is 6.99. The molecule has 4 nitrogen and oxygen atoms in total. The van der Waals surface area contributed by atoms with Crippen molar-refractivity contribution in [1.29, 1.82) is 0 Å². The molecule has 0 N–H and O–H groups in total. The van der Waals surface area contributed by atoms with Crippen LogP contribution < -0.4 is 0 Å². The largest absolute Gasteiger partial charge is 0.462 e. The van der Waals surface area contributed by atoms with Crippen molar-refractivity contribution in [1.82, 2.24) is 9.55 Å². The highest BCUT2D eigenvalue weighted by molar-refractivity contribution is 5.90. The van der Waals surface area contributed by atoms with Crippen LogP contribution in [0.2, 0.25) is 0 Å². The van der Waals surface area contributed by atoms with Gasteiger partial charge in [0.15, 0.2) is 0 Å². The molecule has 15 heavy (non-hydrogen) atoms. The van der Waals surface area contributed by atoms with Gasteiger partial charge in [-0.05, 0) is 13.3 Å². The Morgan fingerprint density at radius 1 is 1.73 bits per heavy atom. The number of carbonyl (C=O) groups excluding carboxylic acids is 1. The zero-order chi connectivity index (χ0) is 10.8. The van der Waals surface area contributed by atoms with Crippen molar-refractivity contribution in [3.8, 4) is 0 Å². The van der Waals surface area contributed by atoms with Crippen LogP contribution in [-0.2, 0) is 23.0 Å². The average Bonchev–Trinajstić information content (AvgIpc) is 2.76. The highest BCUT2D eigenvalue weighted by atomic mass is 16.5. The van der Waals surface area contributed by atoms with E-state index in [1.165, 1.54) is 0 Å². The van der Waals surface area contributed by atoms with Gasteiger partial charge in [-0.2, -0.15) is 0 Å². The van der Waals surface area contributed by atoms with E-state index < -0.39 is 0 Å². The van der Waals surface area contributed by atoms with E-state index in [2.05, 4.69) is 4.98 Å². The predicted molar refractivity (Wildman–Crippen MR) is 55.1 cm³/mol. The van der Waals surface area contributed by atoms with Crippen LogP contribution in [0.3, 0.4) is 0 Å². The van der Waals surface area contributed by atoms with E-state index >= 15 is 0 Å². The second kappa shape index (κ2) is 3.88. The average molecular weight is 206 g/mol. The summed E-state index contributed by atoms with van der Waals surface area (Å²) in [6, 6.07) is 0. The van der Waals surface area contributed by atoms with Crippen LogP contribution >= 0.6 is 0 Å². The Morgan fingerprint density at radius 3 is 3.13 bits per heavy atom. The third-order valence-corrected chi connectivity index (χ3v) is 2.77. The minimum atomic E-state index is -0.176. The molecule has 1 aromatic rings. The van der Waals surface area contributed by atoms with E-state index in [1.807, 2.05) is 30.8 Å². The van der Waals surface area contributed by atoms with Crippen molar-refractivity contribution >= 4 is 5.97 Å². The number of nitrogens with zero attached hydrogens (tertiary/aromatic N) is 2. The van der Waals surface area contributed by atoms with Crippen LogP contribution in [0.5, 0.6) is 0 Å². The van der Waals surface area contributed by atoms with E-state index in [1.54, 1.807) is 6.33 Å². The molecule has 1 aliphatic rings. The maximum Gasteiger partial charge on any atom is 0.334 e. The van der Waals surface area contributed by atoms with Crippen LogP contribution in [0.25, 0.3) is 0 Å². The van der Waals surface area contributed by atoms with Gasteiger partial charge in [-0.3, -0.25) is 0 Å². The van der Waals surface area contributed by atoms with Gasteiger partial charge in [0.25, 0.3) is 0 Å². The van der Waals surface area contributed by atoms with Crippen LogP contribution in [0, 0.1) is 5.92 Å². The summed E-state index contributed by atoms with van der Waals surface area (Å²) in [7, 11) is 1.95. The normalized spacial score (nSPS) is 23.5. The van der Waals surface area contributed by atoms with Gasteiger partial charge in [0.2, 0.25) is 0 Å². The summed E-state index contributed by atoms with van der Waals surface area (Å²) in [5, 5.41) is 0. The molecule has 0 aromatic carbocycles. The number of carbonyl (C=O) groups is 1. The lowest BCUT2D eigenvalue weighted by Crippen LogP contribution is -2.09. The number of aromatic nitrogens is 2. The number of hydrogen-bond acceptors (Lipinski definition) is 3. The fraction of sp³-hybridized carbons (Fsp3) is 0.455. The minimum Gasteiger partial charge on any atom is -0.462 e. The van der Waals surface area contributed by atoms with Crippen LogP contribution in [0.4, 0.5) is 0 Å². The predicted octanol–water partition coefficient (Wildman–Crippen LogP) is 1.08. The van der Waals surface area contributed by atoms with Crippen LogP contribution in [0.1, 0.15) is 12.6 Å². The van der Waals surface area contributed by atoms with Gasteiger partial charge < -0.3 is 9.30 Å². The van der Waals surface area contributed by atoms with Gasteiger partial charge in [0.05, 0.1) is 12.9 Å². The molecule has 1 aliphatic heterocycles. The Hall–Kier alpha value is -1.58. The molecule has 2 heterocycles. The summed E-state index contributed by atoms with van der Waals surface area (Å²) >= 11 is 0. The number of ether oxygens (including phenoxy) is 1.